The maximum Gasteiger partial charge on any atom is 0.224 e. The first kappa shape index (κ1) is 16.0. The highest BCUT2D eigenvalue weighted by atomic mass is 16.1. The van der Waals surface area contributed by atoms with Crippen LogP contribution in [0.4, 0.5) is 0 Å². The Balaban J connectivity index is 1.60. The molecule has 1 aromatic carbocycles. The molecule has 1 aromatic rings. The first-order chi connectivity index (χ1) is 10.3. The summed E-state index contributed by atoms with van der Waals surface area (Å²) in [6.07, 6.45) is 6.64. The van der Waals surface area contributed by atoms with Gasteiger partial charge in [0, 0.05) is 6.54 Å². The van der Waals surface area contributed by atoms with Crippen molar-refractivity contribution in [3.05, 3.63) is 35.4 Å². The van der Waals surface area contributed by atoms with E-state index < -0.39 is 0 Å². The largest absolute Gasteiger partial charge is 0.356 e. The number of aryl methyl sites for hydroxylation is 1. The van der Waals surface area contributed by atoms with Gasteiger partial charge in [-0.3, -0.25) is 4.79 Å². The van der Waals surface area contributed by atoms with Crippen molar-refractivity contribution in [3.63, 3.8) is 0 Å². The Hall–Kier alpha value is -1.35. The second kappa shape index (κ2) is 8.83. The van der Waals surface area contributed by atoms with Gasteiger partial charge in [0.15, 0.2) is 0 Å². The highest BCUT2D eigenvalue weighted by Gasteiger charge is 2.09. The maximum absolute atomic E-state index is 11.9. The molecule has 1 fully saturated rings. The van der Waals surface area contributed by atoms with Crippen LogP contribution >= 0.6 is 0 Å². The number of rotatable bonds is 7. The van der Waals surface area contributed by atoms with Crippen molar-refractivity contribution < 1.29 is 4.79 Å². The molecule has 1 amide bonds. The number of benzene rings is 1. The van der Waals surface area contributed by atoms with Gasteiger partial charge in [-0.15, -0.1) is 0 Å². The standard InChI is InChI=1S/C18H28N2O/c1-2-16-7-9-17(10-8-16)15-18(21)19-11-6-14-20-12-4-3-5-13-20/h7-10H,2-6,11-15H2,1H3,(H,19,21). The van der Waals surface area contributed by atoms with E-state index in [4.69, 9.17) is 0 Å². The number of carbonyl (C=O) groups excluding carboxylic acids is 1. The second-order valence-corrected chi connectivity index (χ2v) is 5.95. The van der Waals surface area contributed by atoms with Crippen LogP contribution in [0.5, 0.6) is 0 Å². The maximum atomic E-state index is 11.9. The molecule has 3 nitrogen and oxygen atoms in total. The molecule has 1 heterocycles. The van der Waals surface area contributed by atoms with Crippen LogP contribution in [-0.2, 0) is 17.6 Å². The van der Waals surface area contributed by atoms with Crippen LogP contribution in [0.25, 0.3) is 0 Å². The minimum atomic E-state index is 0.137. The molecular formula is C18H28N2O. The summed E-state index contributed by atoms with van der Waals surface area (Å²) in [6.45, 7) is 6.52. The van der Waals surface area contributed by atoms with Crippen LogP contribution in [0.1, 0.15) is 43.7 Å². The van der Waals surface area contributed by atoms with Gasteiger partial charge in [0.1, 0.15) is 0 Å². The van der Waals surface area contributed by atoms with Crippen LogP contribution in [0.3, 0.4) is 0 Å². The van der Waals surface area contributed by atoms with E-state index in [2.05, 4.69) is 41.4 Å². The van der Waals surface area contributed by atoms with E-state index >= 15 is 0 Å². The van der Waals surface area contributed by atoms with Crippen LogP contribution < -0.4 is 5.32 Å². The van der Waals surface area contributed by atoms with Gasteiger partial charge < -0.3 is 10.2 Å². The van der Waals surface area contributed by atoms with E-state index in [1.54, 1.807) is 0 Å². The van der Waals surface area contributed by atoms with Gasteiger partial charge in [-0.1, -0.05) is 37.6 Å². The zero-order valence-electron chi connectivity index (χ0n) is 13.2. The highest BCUT2D eigenvalue weighted by molar-refractivity contribution is 5.78. The van der Waals surface area contributed by atoms with Gasteiger partial charge in [0.2, 0.25) is 5.91 Å². The molecule has 1 aliphatic heterocycles. The summed E-state index contributed by atoms with van der Waals surface area (Å²) in [7, 11) is 0. The number of hydrogen-bond acceptors (Lipinski definition) is 2. The lowest BCUT2D eigenvalue weighted by atomic mass is 10.1. The topological polar surface area (TPSA) is 32.3 Å². The van der Waals surface area contributed by atoms with Crippen molar-refractivity contribution >= 4 is 5.91 Å². The van der Waals surface area contributed by atoms with E-state index in [0.717, 1.165) is 31.5 Å². The number of hydrogen-bond donors (Lipinski definition) is 1. The molecule has 0 unspecified atom stereocenters. The Morgan fingerprint density at radius 3 is 2.43 bits per heavy atom. The van der Waals surface area contributed by atoms with Crippen LogP contribution in [0.15, 0.2) is 24.3 Å². The van der Waals surface area contributed by atoms with Gasteiger partial charge in [-0.2, -0.15) is 0 Å². The van der Waals surface area contributed by atoms with Gasteiger partial charge >= 0.3 is 0 Å². The number of amides is 1. The summed E-state index contributed by atoms with van der Waals surface area (Å²) in [5.41, 5.74) is 2.42. The Morgan fingerprint density at radius 2 is 1.76 bits per heavy atom. The van der Waals surface area contributed by atoms with E-state index in [1.165, 1.54) is 37.9 Å². The van der Waals surface area contributed by atoms with E-state index in [9.17, 15) is 4.79 Å². The van der Waals surface area contributed by atoms with Crippen molar-refractivity contribution in [2.24, 2.45) is 0 Å². The predicted octanol–water partition coefficient (Wildman–Crippen LogP) is 2.78. The number of carbonyl (C=O) groups is 1. The first-order valence-corrected chi connectivity index (χ1v) is 8.35. The Labute approximate surface area is 128 Å². The molecule has 0 saturated carbocycles. The smallest absolute Gasteiger partial charge is 0.224 e. The van der Waals surface area contributed by atoms with Gasteiger partial charge in [0.05, 0.1) is 6.42 Å². The van der Waals surface area contributed by atoms with Crippen molar-refractivity contribution in [3.8, 4) is 0 Å². The lowest BCUT2D eigenvalue weighted by Crippen LogP contribution is -2.33. The Kier molecular flexibility index (Phi) is 6.74. The molecule has 0 atom stereocenters. The molecule has 2 rings (SSSR count). The van der Waals surface area contributed by atoms with E-state index in [-0.39, 0.29) is 5.91 Å². The molecule has 0 aliphatic carbocycles. The zero-order valence-corrected chi connectivity index (χ0v) is 13.2. The fourth-order valence-corrected chi connectivity index (χ4v) is 2.85. The van der Waals surface area contributed by atoms with Gasteiger partial charge in [-0.25, -0.2) is 0 Å². The van der Waals surface area contributed by atoms with Crippen molar-refractivity contribution in [2.75, 3.05) is 26.2 Å². The summed E-state index contributed by atoms with van der Waals surface area (Å²) < 4.78 is 0. The average molecular weight is 288 g/mol. The Bertz CT molecular complexity index is 421. The third-order valence-electron chi connectivity index (χ3n) is 4.22. The van der Waals surface area contributed by atoms with Crippen LogP contribution in [0.2, 0.25) is 0 Å². The molecule has 21 heavy (non-hydrogen) atoms. The molecule has 116 valence electrons. The molecule has 0 radical (unpaired) electrons. The fraction of sp³-hybridized carbons (Fsp3) is 0.611. The summed E-state index contributed by atoms with van der Waals surface area (Å²) in [4.78, 5) is 14.4. The molecule has 0 aromatic heterocycles. The molecule has 1 saturated heterocycles. The SMILES string of the molecule is CCc1ccc(CC(=O)NCCCN2CCCCC2)cc1. The quantitative estimate of drug-likeness (QED) is 0.783. The second-order valence-electron chi connectivity index (χ2n) is 5.95. The number of piperidine rings is 1. The van der Waals surface area contributed by atoms with Gasteiger partial charge in [0.25, 0.3) is 0 Å². The molecule has 0 bridgehead atoms. The first-order valence-electron chi connectivity index (χ1n) is 8.35. The van der Waals surface area contributed by atoms with Gasteiger partial charge in [-0.05, 0) is 56.4 Å². The fourth-order valence-electron chi connectivity index (χ4n) is 2.85. The molecule has 1 aliphatic rings. The zero-order chi connectivity index (χ0) is 14.9. The highest BCUT2D eigenvalue weighted by Crippen LogP contribution is 2.08. The molecule has 3 heteroatoms. The lowest BCUT2D eigenvalue weighted by Gasteiger charge is -2.26. The predicted molar refractivity (Wildman–Crippen MR) is 87.4 cm³/mol. The van der Waals surface area contributed by atoms with E-state index in [0.29, 0.717) is 6.42 Å². The number of nitrogens with one attached hydrogen (secondary N) is 1. The summed E-state index contributed by atoms with van der Waals surface area (Å²) >= 11 is 0. The summed E-state index contributed by atoms with van der Waals surface area (Å²) in [5, 5.41) is 3.03. The number of likely N-dealkylation sites (tertiary alicyclic amines) is 1. The van der Waals surface area contributed by atoms with Crippen molar-refractivity contribution in [2.45, 2.75) is 45.4 Å². The average Bonchev–Trinajstić information content (AvgIpc) is 2.53. The summed E-state index contributed by atoms with van der Waals surface area (Å²) in [6, 6.07) is 8.34. The third-order valence-corrected chi connectivity index (χ3v) is 4.22. The molecular weight excluding hydrogens is 260 g/mol. The Morgan fingerprint density at radius 1 is 1.10 bits per heavy atom. The molecule has 1 N–H and O–H groups in total. The van der Waals surface area contributed by atoms with E-state index in [1.807, 2.05) is 0 Å². The van der Waals surface area contributed by atoms with Crippen molar-refractivity contribution in [1.29, 1.82) is 0 Å². The third kappa shape index (κ3) is 5.88. The van der Waals surface area contributed by atoms with Crippen molar-refractivity contribution in [1.82, 2.24) is 10.2 Å². The monoisotopic (exact) mass is 288 g/mol. The lowest BCUT2D eigenvalue weighted by molar-refractivity contribution is -0.120. The summed E-state index contributed by atoms with van der Waals surface area (Å²) in [5.74, 6) is 0.137. The number of nitrogens with zero attached hydrogens (tertiary/aromatic N) is 1. The minimum Gasteiger partial charge on any atom is -0.356 e. The minimum absolute atomic E-state index is 0.137. The molecule has 0 spiro atoms. The van der Waals surface area contributed by atoms with Crippen LogP contribution in [0, 0.1) is 0 Å². The normalized spacial score (nSPS) is 15.9. The van der Waals surface area contributed by atoms with Crippen LogP contribution in [-0.4, -0.2) is 37.0 Å².